The SMILES string of the molecule is Cn1cncc1CNCc1cc(Br)ccc1F. The Hall–Kier alpha value is -1.20. The van der Waals surface area contributed by atoms with Crippen LogP contribution in [0.5, 0.6) is 0 Å². The molecule has 0 spiro atoms. The molecule has 0 aliphatic carbocycles. The monoisotopic (exact) mass is 297 g/mol. The van der Waals surface area contributed by atoms with Crippen molar-refractivity contribution in [3.05, 3.63) is 52.3 Å². The standard InChI is InChI=1S/C12H13BrFN3/c1-17-8-16-7-11(17)6-15-5-9-4-10(13)2-3-12(9)14/h2-4,7-8,15H,5-6H2,1H3. The molecule has 2 aromatic rings. The fraction of sp³-hybridized carbons (Fsp3) is 0.250. The largest absolute Gasteiger partial charge is 0.337 e. The molecule has 0 saturated carbocycles. The van der Waals surface area contributed by atoms with Gasteiger partial charge in [0.2, 0.25) is 0 Å². The minimum Gasteiger partial charge on any atom is -0.337 e. The highest BCUT2D eigenvalue weighted by Gasteiger charge is 2.03. The van der Waals surface area contributed by atoms with Crippen molar-refractivity contribution in [1.29, 1.82) is 0 Å². The lowest BCUT2D eigenvalue weighted by atomic mass is 10.2. The van der Waals surface area contributed by atoms with Crippen LogP contribution in [0.3, 0.4) is 0 Å². The molecule has 0 bridgehead atoms. The van der Waals surface area contributed by atoms with Crippen molar-refractivity contribution in [1.82, 2.24) is 14.9 Å². The average molecular weight is 298 g/mol. The maximum Gasteiger partial charge on any atom is 0.127 e. The Morgan fingerprint density at radius 3 is 2.94 bits per heavy atom. The molecule has 90 valence electrons. The van der Waals surface area contributed by atoms with Gasteiger partial charge in [0.1, 0.15) is 5.82 Å². The van der Waals surface area contributed by atoms with E-state index in [-0.39, 0.29) is 5.82 Å². The summed E-state index contributed by atoms with van der Waals surface area (Å²) in [5, 5.41) is 3.19. The molecule has 3 nitrogen and oxygen atoms in total. The average Bonchev–Trinajstić information content (AvgIpc) is 2.70. The molecular formula is C12H13BrFN3. The molecule has 1 heterocycles. The summed E-state index contributed by atoms with van der Waals surface area (Å²) in [6.07, 6.45) is 3.54. The van der Waals surface area contributed by atoms with E-state index in [1.54, 1.807) is 24.7 Å². The van der Waals surface area contributed by atoms with Crippen LogP contribution in [0.15, 0.2) is 35.2 Å². The van der Waals surface area contributed by atoms with Gasteiger partial charge in [0, 0.05) is 36.4 Å². The van der Waals surface area contributed by atoms with Crippen LogP contribution in [0.1, 0.15) is 11.3 Å². The number of benzene rings is 1. The fourth-order valence-electron chi connectivity index (χ4n) is 1.56. The Kier molecular flexibility index (Phi) is 3.91. The van der Waals surface area contributed by atoms with Crippen LogP contribution in [-0.4, -0.2) is 9.55 Å². The van der Waals surface area contributed by atoms with E-state index in [1.807, 2.05) is 11.6 Å². The normalized spacial score (nSPS) is 10.8. The Morgan fingerprint density at radius 1 is 1.41 bits per heavy atom. The predicted molar refractivity (Wildman–Crippen MR) is 67.9 cm³/mol. The van der Waals surface area contributed by atoms with E-state index in [1.165, 1.54) is 6.07 Å². The van der Waals surface area contributed by atoms with Gasteiger partial charge in [0.05, 0.1) is 12.0 Å². The molecule has 1 aromatic heterocycles. The lowest BCUT2D eigenvalue weighted by molar-refractivity contribution is 0.581. The van der Waals surface area contributed by atoms with E-state index in [4.69, 9.17) is 0 Å². The van der Waals surface area contributed by atoms with Crippen molar-refractivity contribution in [2.24, 2.45) is 7.05 Å². The van der Waals surface area contributed by atoms with Gasteiger partial charge in [-0.05, 0) is 18.2 Å². The zero-order valence-electron chi connectivity index (χ0n) is 9.45. The molecule has 0 amide bonds. The van der Waals surface area contributed by atoms with E-state index in [9.17, 15) is 4.39 Å². The lowest BCUT2D eigenvalue weighted by Crippen LogP contribution is -2.15. The minimum absolute atomic E-state index is 0.189. The predicted octanol–water partition coefficient (Wildman–Crippen LogP) is 2.61. The van der Waals surface area contributed by atoms with Gasteiger partial charge in [-0.1, -0.05) is 15.9 Å². The van der Waals surface area contributed by atoms with E-state index in [2.05, 4.69) is 26.2 Å². The quantitative estimate of drug-likeness (QED) is 0.940. The summed E-state index contributed by atoms with van der Waals surface area (Å²) in [4.78, 5) is 4.02. The Morgan fingerprint density at radius 2 is 2.24 bits per heavy atom. The molecule has 0 saturated heterocycles. The second kappa shape index (κ2) is 5.42. The molecule has 0 fully saturated rings. The summed E-state index contributed by atoms with van der Waals surface area (Å²) >= 11 is 3.33. The van der Waals surface area contributed by atoms with Gasteiger partial charge in [0.25, 0.3) is 0 Å². The van der Waals surface area contributed by atoms with Gasteiger partial charge in [-0.3, -0.25) is 0 Å². The topological polar surface area (TPSA) is 29.9 Å². The smallest absolute Gasteiger partial charge is 0.127 e. The lowest BCUT2D eigenvalue weighted by Gasteiger charge is -2.07. The highest BCUT2D eigenvalue weighted by Crippen LogP contribution is 2.15. The third-order valence-electron chi connectivity index (χ3n) is 2.55. The van der Waals surface area contributed by atoms with Gasteiger partial charge >= 0.3 is 0 Å². The molecular weight excluding hydrogens is 285 g/mol. The maximum atomic E-state index is 13.4. The molecule has 0 atom stereocenters. The van der Waals surface area contributed by atoms with Crippen molar-refractivity contribution in [3.63, 3.8) is 0 Å². The van der Waals surface area contributed by atoms with Gasteiger partial charge in [-0.2, -0.15) is 0 Å². The number of rotatable bonds is 4. The summed E-state index contributed by atoms with van der Waals surface area (Å²) in [6.45, 7) is 1.17. The number of aryl methyl sites for hydroxylation is 1. The third kappa shape index (κ3) is 3.14. The number of nitrogens with zero attached hydrogens (tertiary/aromatic N) is 2. The molecule has 0 aliphatic heterocycles. The number of aromatic nitrogens is 2. The Labute approximate surface area is 108 Å². The Bertz CT molecular complexity index is 510. The zero-order chi connectivity index (χ0) is 12.3. The molecule has 0 unspecified atom stereocenters. The summed E-state index contributed by atoms with van der Waals surface area (Å²) in [5.74, 6) is -0.189. The zero-order valence-corrected chi connectivity index (χ0v) is 11.0. The first kappa shape index (κ1) is 12.3. The van der Waals surface area contributed by atoms with E-state index in [0.717, 1.165) is 10.2 Å². The van der Waals surface area contributed by atoms with Crippen molar-refractivity contribution < 1.29 is 4.39 Å². The minimum atomic E-state index is -0.189. The number of halogens is 2. The van der Waals surface area contributed by atoms with E-state index in [0.29, 0.717) is 18.7 Å². The summed E-state index contributed by atoms with van der Waals surface area (Å²) < 4.78 is 16.3. The molecule has 17 heavy (non-hydrogen) atoms. The second-order valence-corrected chi connectivity index (χ2v) is 4.75. The number of hydrogen-bond acceptors (Lipinski definition) is 2. The highest BCUT2D eigenvalue weighted by molar-refractivity contribution is 9.10. The van der Waals surface area contributed by atoms with Crippen molar-refractivity contribution in [2.75, 3.05) is 0 Å². The first-order valence-corrected chi connectivity index (χ1v) is 6.06. The van der Waals surface area contributed by atoms with Crippen molar-refractivity contribution in [2.45, 2.75) is 13.1 Å². The van der Waals surface area contributed by atoms with Crippen LogP contribution in [0.25, 0.3) is 0 Å². The number of nitrogens with one attached hydrogen (secondary N) is 1. The van der Waals surface area contributed by atoms with Gasteiger partial charge < -0.3 is 9.88 Å². The molecule has 2 rings (SSSR count). The first-order valence-electron chi connectivity index (χ1n) is 5.26. The molecule has 0 aliphatic rings. The molecule has 1 N–H and O–H groups in total. The van der Waals surface area contributed by atoms with Gasteiger partial charge in [0.15, 0.2) is 0 Å². The number of hydrogen-bond donors (Lipinski definition) is 1. The Balaban J connectivity index is 1.94. The fourth-order valence-corrected chi connectivity index (χ4v) is 1.97. The van der Waals surface area contributed by atoms with Crippen LogP contribution in [0.2, 0.25) is 0 Å². The van der Waals surface area contributed by atoms with Crippen LogP contribution < -0.4 is 5.32 Å². The van der Waals surface area contributed by atoms with Crippen molar-refractivity contribution in [3.8, 4) is 0 Å². The number of imidazole rings is 1. The van der Waals surface area contributed by atoms with Crippen LogP contribution in [0.4, 0.5) is 4.39 Å². The van der Waals surface area contributed by atoms with Gasteiger partial charge in [-0.15, -0.1) is 0 Å². The molecule has 1 aromatic carbocycles. The maximum absolute atomic E-state index is 13.4. The first-order chi connectivity index (χ1) is 8.16. The molecule has 5 heteroatoms. The summed E-state index contributed by atoms with van der Waals surface area (Å²) in [6, 6.07) is 4.94. The highest BCUT2D eigenvalue weighted by atomic mass is 79.9. The van der Waals surface area contributed by atoms with Gasteiger partial charge in [-0.25, -0.2) is 9.37 Å². The van der Waals surface area contributed by atoms with Crippen LogP contribution >= 0.6 is 15.9 Å². The summed E-state index contributed by atoms with van der Waals surface area (Å²) in [5.41, 5.74) is 1.72. The van der Waals surface area contributed by atoms with Crippen LogP contribution in [0, 0.1) is 5.82 Å². The van der Waals surface area contributed by atoms with Crippen molar-refractivity contribution >= 4 is 15.9 Å². The molecule has 0 radical (unpaired) electrons. The summed E-state index contributed by atoms with van der Waals surface area (Å²) in [7, 11) is 1.93. The van der Waals surface area contributed by atoms with Crippen LogP contribution in [-0.2, 0) is 20.1 Å². The van der Waals surface area contributed by atoms with E-state index < -0.39 is 0 Å². The van der Waals surface area contributed by atoms with E-state index >= 15 is 0 Å². The third-order valence-corrected chi connectivity index (χ3v) is 3.04. The second-order valence-electron chi connectivity index (χ2n) is 3.84.